The van der Waals surface area contributed by atoms with E-state index in [2.05, 4.69) is 5.32 Å². The van der Waals surface area contributed by atoms with Gasteiger partial charge in [0.15, 0.2) is 0 Å². The van der Waals surface area contributed by atoms with Crippen LogP contribution in [0.25, 0.3) is 0 Å². The Morgan fingerprint density at radius 1 is 1.53 bits per heavy atom. The molecule has 4 nitrogen and oxygen atoms in total. The van der Waals surface area contributed by atoms with Crippen molar-refractivity contribution in [3.8, 4) is 0 Å². The van der Waals surface area contributed by atoms with Crippen LogP contribution < -0.4 is 5.32 Å². The fraction of sp³-hybridized carbons (Fsp3) is 0.909. The van der Waals surface area contributed by atoms with Crippen LogP contribution in [-0.4, -0.2) is 36.4 Å². The molecule has 0 aromatic rings. The van der Waals surface area contributed by atoms with Crippen LogP contribution in [0.5, 0.6) is 0 Å². The third-order valence-electron chi connectivity index (χ3n) is 2.81. The second-order valence-corrected chi connectivity index (χ2v) is 4.01. The lowest BCUT2D eigenvalue weighted by molar-refractivity contribution is -0.140. The van der Waals surface area contributed by atoms with Gasteiger partial charge in [-0.15, -0.1) is 0 Å². The standard InChI is InChI=1S/C11H21NO3/c1-2-12-10(11(13)14)7-8-15-9-5-3-4-6-9/h9-10,12H,2-8H2,1H3,(H,13,14). The first-order valence-corrected chi connectivity index (χ1v) is 5.81. The molecule has 4 heteroatoms. The number of carboxylic acid groups (broad SMARTS) is 1. The Labute approximate surface area is 91.0 Å². The highest BCUT2D eigenvalue weighted by Crippen LogP contribution is 2.20. The Morgan fingerprint density at radius 2 is 2.20 bits per heavy atom. The normalized spacial score (nSPS) is 19.3. The van der Waals surface area contributed by atoms with E-state index >= 15 is 0 Å². The second-order valence-electron chi connectivity index (χ2n) is 4.01. The molecule has 0 aromatic carbocycles. The zero-order chi connectivity index (χ0) is 11.1. The largest absolute Gasteiger partial charge is 0.480 e. The molecule has 0 amide bonds. The first-order valence-electron chi connectivity index (χ1n) is 5.81. The van der Waals surface area contributed by atoms with Gasteiger partial charge in [0.2, 0.25) is 0 Å². The number of nitrogens with one attached hydrogen (secondary N) is 1. The number of carboxylic acids is 1. The van der Waals surface area contributed by atoms with Crippen LogP contribution in [0.3, 0.4) is 0 Å². The number of carbonyl (C=O) groups is 1. The summed E-state index contributed by atoms with van der Waals surface area (Å²) in [5.74, 6) is -0.785. The quantitative estimate of drug-likeness (QED) is 0.674. The van der Waals surface area contributed by atoms with E-state index in [-0.39, 0.29) is 0 Å². The maximum Gasteiger partial charge on any atom is 0.320 e. The third kappa shape index (κ3) is 4.62. The van der Waals surface area contributed by atoms with Gasteiger partial charge in [-0.05, 0) is 25.8 Å². The lowest BCUT2D eigenvalue weighted by atomic mass is 10.2. The monoisotopic (exact) mass is 215 g/mol. The third-order valence-corrected chi connectivity index (χ3v) is 2.81. The van der Waals surface area contributed by atoms with Gasteiger partial charge < -0.3 is 15.2 Å². The zero-order valence-corrected chi connectivity index (χ0v) is 9.37. The zero-order valence-electron chi connectivity index (χ0n) is 9.37. The Hall–Kier alpha value is -0.610. The average molecular weight is 215 g/mol. The van der Waals surface area contributed by atoms with E-state index in [9.17, 15) is 4.79 Å². The van der Waals surface area contributed by atoms with E-state index in [1.807, 2.05) is 6.92 Å². The van der Waals surface area contributed by atoms with Crippen molar-refractivity contribution in [3.63, 3.8) is 0 Å². The molecule has 0 radical (unpaired) electrons. The van der Waals surface area contributed by atoms with Crippen LogP contribution in [0.15, 0.2) is 0 Å². The highest BCUT2D eigenvalue weighted by Gasteiger charge is 2.18. The molecule has 1 fully saturated rings. The minimum Gasteiger partial charge on any atom is -0.480 e. The molecule has 0 aliphatic heterocycles. The first kappa shape index (κ1) is 12.5. The molecule has 0 aromatic heterocycles. The molecule has 15 heavy (non-hydrogen) atoms. The summed E-state index contributed by atoms with van der Waals surface area (Å²) in [6.07, 6.45) is 5.71. The molecule has 1 aliphatic rings. The Morgan fingerprint density at radius 3 is 2.73 bits per heavy atom. The molecule has 1 unspecified atom stereocenters. The highest BCUT2D eigenvalue weighted by atomic mass is 16.5. The van der Waals surface area contributed by atoms with Crippen molar-refractivity contribution in [2.45, 2.75) is 51.2 Å². The van der Waals surface area contributed by atoms with Gasteiger partial charge in [-0.3, -0.25) is 4.79 Å². The van der Waals surface area contributed by atoms with E-state index in [1.54, 1.807) is 0 Å². The summed E-state index contributed by atoms with van der Waals surface area (Å²) in [4.78, 5) is 10.8. The van der Waals surface area contributed by atoms with Crippen molar-refractivity contribution in [2.24, 2.45) is 0 Å². The van der Waals surface area contributed by atoms with Crippen molar-refractivity contribution in [1.82, 2.24) is 5.32 Å². The number of likely N-dealkylation sites (N-methyl/N-ethyl adjacent to an activating group) is 1. The predicted molar refractivity (Wildman–Crippen MR) is 57.9 cm³/mol. The summed E-state index contributed by atoms with van der Waals surface area (Å²) in [7, 11) is 0. The van der Waals surface area contributed by atoms with E-state index < -0.39 is 12.0 Å². The second kappa shape index (κ2) is 6.80. The van der Waals surface area contributed by atoms with E-state index in [0.717, 1.165) is 12.8 Å². The Balaban J connectivity index is 2.12. The minimum atomic E-state index is -0.785. The molecule has 1 atom stereocenters. The molecule has 1 rings (SSSR count). The van der Waals surface area contributed by atoms with Gasteiger partial charge in [0.05, 0.1) is 6.10 Å². The fourth-order valence-electron chi connectivity index (χ4n) is 1.97. The summed E-state index contributed by atoms with van der Waals surface area (Å²) in [6.45, 7) is 3.14. The number of hydrogen-bond acceptors (Lipinski definition) is 3. The molecule has 0 spiro atoms. The number of hydrogen-bond donors (Lipinski definition) is 2. The highest BCUT2D eigenvalue weighted by molar-refractivity contribution is 5.73. The maximum absolute atomic E-state index is 10.8. The maximum atomic E-state index is 10.8. The van der Waals surface area contributed by atoms with Crippen LogP contribution in [0.4, 0.5) is 0 Å². The van der Waals surface area contributed by atoms with Gasteiger partial charge in [-0.1, -0.05) is 19.8 Å². The molecule has 1 saturated carbocycles. The molecule has 0 heterocycles. The molecule has 2 N–H and O–H groups in total. The van der Waals surface area contributed by atoms with Crippen molar-refractivity contribution in [1.29, 1.82) is 0 Å². The number of ether oxygens (including phenoxy) is 1. The molecule has 1 aliphatic carbocycles. The van der Waals surface area contributed by atoms with E-state index in [4.69, 9.17) is 9.84 Å². The lowest BCUT2D eigenvalue weighted by Crippen LogP contribution is -2.37. The average Bonchev–Trinajstić information content (AvgIpc) is 2.69. The van der Waals surface area contributed by atoms with Gasteiger partial charge in [0, 0.05) is 6.61 Å². The summed E-state index contributed by atoms with van der Waals surface area (Å²) in [5, 5.41) is 11.8. The molecular formula is C11H21NO3. The smallest absolute Gasteiger partial charge is 0.320 e. The van der Waals surface area contributed by atoms with Gasteiger partial charge in [-0.2, -0.15) is 0 Å². The van der Waals surface area contributed by atoms with E-state index in [1.165, 1.54) is 12.8 Å². The topological polar surface area (TPSA) is 58.6 Å². The minimum absolute atomic E-state index is 0.376. The summed E-state index contributed by atoms with van der Waals surface area (Å²) in [6, 6.07) is -0.462. The lowest BCUT2D eigenvalue weighted by Gasteiger charge is -2.15. The van der Waals surface area contributed by atoms with E-state index in [0.29, 0.717) is 25.7 Å². The van der Waals surface area contributed by atoms with Crippen molar-refractivity contribution < 1.29 is 14.6 Å². The predicted octanol–water partition coefficient (Wildman–Crippen LogP) is 1.40. The first-order chi connectivity index (χ1) is 7.24. The van der Waals surface area contributed by atoms with Gasteiger partial charge in [0.25, 0.3) is 0 Å². The van der Waals surface area contributed by atoms with Crippen LogP contribution in [0.1, 0.15) is 39.0 Å². The van der Waals surface area contributed by atoms with Gasteiger partial charge in [0.1, 0.15) is 6.04 Å². The summed E-state index contributed by atoms with van der Waals surface area (Å²) >= 11 is 0. The van der Waals surface area contributed by atoms with Crippen LogP contribution >= 0.6 is 0 Å². The Bertz CT molecular complexity index is 190. The molecule has 0 saturated heterocycles. The molecule has 0 bridgehead atoms. The summed E-state index contributed by atoms with van der Waals surface area (Å²) in [5.41, 5.74) is 0. The SMILES string of the molecule is CCNC(CCOC1CCCC1)C(=O)O. The van der Waals surface area contributed by atoms with Crippen molar-refractivity contribution in [2.75, 3.05) is 13.2 Å². The molecular weight excluding hydrogens is 194 g/mol. The fourth-order valence-corrected chi connectivity index (χ4v) is 1.97. The summed E-state index contributed by atoms with van der Waals surface area (Å²) < 4.78 is 5.63. The van der Waals surface area contributed by atoms with Gasteiger partial charge in [-0.25, -0.2) is 0 Å². The van der Waals surface area contributed by atoms with Crippen LogP contribution in [0, 0.1) is 0 Å². The van der Waals surface area contributed by atoms with Crippen LogP contribution in [0.2, 0.25) is 0 Å². The Kier molecular flexibility index (Phi) is 5.65. The number of rotatable bonds is 7. The van der Waals surface area contributed by atoms with Crippen molar-refractivity contribution >= 4 is 5.97 Å². The number of aliphatic carboxylic acids is 1. The van der Waals surface area contributed by atoms with Gasteiger partial charge >= 0.3 is 5.97 Å². The van der Waals surface area contributed by atoms with Crippen LogP contribution in [-0.2, 0) is 9.53 Å². The molecule has 88 valence electrons. The van der Waals surface area contributed by atoms with Crippen molar-refractivity contribution in [3.05, 3.63) is 0 Å².